The number of hydrogen-bond acceptors (Lipinski definition) is 4. The number of nitrogen functional groups attached to an aromatic ring is 1. The third-order valence-corrected chi connectivity index (χ3v) is 2.53. The number of rotatable bonds is 4. The number of aliphatic hydroxyl groups is 2. The van der Waals surface area contributed by atoms with Gasteiger partial charge in [-0.2, -0.15) is 0 Å². The van der Waals surface area contributed by atoms with Gasteiger partial charge < -0.3 is 21.7 Å². The maximum Gasteiger partial charge on any atom is 0.129 e. The zero-order valence-electron chi connectivity index (χ0n) is 9.15. The summed E-state index contributed by atoms with van der Waals surface area (Å²) in [5, 5.41) is 19.2. The van der Waals surface area contributed by atoms with Gasteiger partial charge in [0.05, 0.1) is 6.10 Å². The van der Waals surface area contributed by atoms with Crippen molar-refractivity contribution in [2.75, 3.05) is 12.3 Å². The molecule has 90 valence electrons. The van der Waals surface area contributed by atoms with Crippen molar-refractivity contribution >= 4 is 5.69 Å². The van der Waals surface area contributed by atoms with Gasteiger partial charge in [0.2, 0.25) is 0 Å². The molecule has 16 heavy (non-hydrogen) atoms. The Hall–Kier alpha value is -1.17. The predicted octanol–water partition coefficient (Wildman–Crippen LogP) is 0.459. The van der Waals surface area contributed by atoms with E-state index in [1.807, 2.05) is 0 Å². The van der Waals surface area contributed by atoms with Crippen LogP contribution in [-0.4, -0.2) is 22.9 Å². The van der Waals surface area contributed by atoms with Crippen molar-refractivity contribution in [1.29, 1.82) is 0 Å². The third kappa shape index (κ3) is 2.69. The van der Waals surface area contributed by atoms with Gasteiger partial charge >= 0.3 is 0 Å². The Kier molecular flexibility index (Phi) is 4.23. The van der Waals surface area contributed by atoms with Crippen molar-refractivity contribution < 1.29 is 14.6 Å². The van der Waals surface area contributed by atoms with Crippen LogP contribution in [0, 0.1) is 12.7 Å². The standard InChI is InChI=1S/C11H17FN2O2/c1-6-4-8(12)7(5-9(6)14)11(16)10(15)2-3-13/h4-5,10-11,15-16H,2-3,13-14H2,1H3. The van der Waals surface area contributed by atoms with E-state index in [2.05, 4.69) is 0 Å². The number of nitrogens with two attached hydrogens (primary N) is 2. The molecule has 1 aromatic carbocycles. The lowest BCUT2D eigenvalue weighted by Crippen LogP contribution is -2.22. The fraction of sp³-hybridized carbons (Fsp3) is 0.455. The molecule has 0 bridgehead atoms. The van der Waals surface area contributed by atoms with E-state index in [9.17, 15) is 14.6 Å². The molecule has 0 aliphatic heterocycles. The first-order chi connectivity index (χ1) is 7.47. The molecule has 2 atom stereocenters. The van der Waals surface area contributed by atoms with Crippen LogP contribution in [0.3, 0.4) is 0 Å². The van der Waals surface area contributed by atoms with E-state index >= 15 is 0 Å². The average Bonchev–Trinajstić information content (AvgIpc) is 2.23. The van der Waals surface area contributed by atoms with E-state index in [1.54, 1.807) is 6.92 Å². The SMILES string of the molecule is Cc1cc(F)c(C(O)C(O)CCN)cc1N. The van der Waals surface area contributed by atoms with Gasteiger partial charge in [-0.1, -0.05) is 0 Å². The molecular weight excluding hydrogens is 211 g/mol. The van der Waals surface area contributed by atoms with Gasteiger partial charge in [0.25, 0.3) is 0 Å². The van der Waals surface area contributed by atoms with E-state index in [4.69, 9.17) is 11.5 Å². The Morgan fingerprint density at radius 2 is 2.00 bits per heavy atom. The van der Waals surface area contributed by atoms with Crippen LogP contribution in [0.5, 0.6) is 0 Å². The van der Waals surface area contributed by atoms with Crippen molar-refractivity contribution in [3.63, 3.8) is 0 Å². The summed E-state index contributed by atoms with van der Waals surface area (Å²) in [6.45, 7) is 1.89. The van der Waals surface area contributed by atoms with Crippen molar-refractivity contribution in [3.8, 4) is 0 Å². The first-order valence-electron chi connectivity index (χ1n) is 5.09. The van der Waals surface area contributed by atoms with Crippen LogP contribution in [0.25, 0.3) is 0 Å². The molecule has 1 rings (SSSR count). The molecule has 0 radical (unpaired) electrons. The zero-order chi connectivity index (χ0) is 12.3. The highest BCUT2D eigenvalue weighted by atomic mass is 19.1. The molecule has 0 heterocycles. The maximum atomic E-state index is 13.5. The molecule has 1 aromatic rings. The van der Waals surface area contributed by atoms with Crippen LogP contribution in [0.1, 0.15) is 23.7 Å². The highest BCUT2D eigenvalue weighted by Gasteiger charge is 2.21. The molecule has 0 spiro atoms. The molecule has 0 aliphatic carbocycles. The van der Waals surface area contributed by atoms with Gasteiger partial charge in [-0.3, -0.25) is 0 Å². The minimum absolute atomic E-state index is 0.00375. The highest BCUT2D eigenvalue weighted by molar-refractivity contribution is 5.49. The second kappa shape index (κ2) is 5.25. The van der Waals surface area contributed by atoms with Crippen molar-refractivity contribution in [2.24, 2.45) is 5.73 Å². The van der Waals surface area contributed by atoms with Gasteiger partial charge in [-0.15, -0.1) is 0 Å². The summed E-state index contributed by atoms with van der Waals surface area (Å²) in [6.07, 6.45) is -2.18. The lowest BCUT2D eigenvalue weighted by molar-refractivity contribution is 0.0130. The smallest absolute Gasteiger partial charge is 0.129 e. The minimum Gasteiger partial charge on any atom is -0.399 e. The molecule has 0 fully saturated rings. The van der Waals surface area contributed by atoms with Gasteiger partial charge in [-0.25, -0.2) is 4.39 Å². The summed E-state index contributed by atoms with van der Waals surface area (Å²) in [5.41, 5.74) is 11.9. The summed E-state index contributed by atoms with van der Waals surface area (Å²) in [6, 6.07) is 2.58. The normalized spacial score (nSPS) is 14.8. The zero-order valence-corrected chi connectivity index (χ0v) is 9.15. The Morgan fingerprint density at radius 3 is 2.56 bits per heavy atom. The van der Waals surface area contributed by atoms with E-state index in [-0.39, 0.29) is 18.5 Å². The van der Waals surface area contributed by atoms with E-state index in [0.717, 1.165) is 0 Å². The maximum absolute atomic E-state index is 13.5. The van der Waals surface area contributed by atoms with Crippen LogP contribution >= 0.6 is 0 Å². The molecule has 0 aromatic heterocycles. The summed E-state index contributed by atoms with van der Waals surface area (Å²) in [7, 11) is 0. The number of anilines is 1. The van der Waals surface area contributed by atoms with Crippen molar-refractivity contribution in [3.05, 3.63) is 29.1 Å². The average molecular weight is 228 g/mol. The number of aliphatic hydroxyl groups excluding tert-OH is 2. The van der Waals surface area contributed by atoms with Crippen LogP contribution < -0.4 is 11.5 Å². The van der Waals surface area contributed by atoms with Gasteiger partial charge in [-0.05, 0) is 37.6 Å². The van der Waals surface area contributed by atoms with Crippen LogP contribution in [0.4, 0.5) is 10.1 Å². The molecule has 0 saturated carbocycles. The monoisotopic (exact) mass is 228 g/mol. The lowest BCUT2D eigenvalue weighted by atomic mass is 9.99. The number of aryl methyl sites for hydroxylation is 1. The third-order valence-electron chi connectivity index (χ3n) is 2.53. The van der Waals surface area contributed by atoms with E-state index < -0.39 is 18.0 Å². The Morgan fingerprint density at radius 1 is 1.38 bits per heavy atom. The number of halogens is 1. The molecule has 6 N–H and O–H groups in total. The predicted molar refractivity (Wildman–Crippen MR) is 60.2 cm³/mol. The molecule has 0 amide bonds. The van der Waals surface area contributed by atoms with Gasteiger partial charge in [0.15, 0.2) is 0 Å². The molecule has 4 nitrogen and oxygen atoms in total. The lowest BCUT2D eigenvalue weighted by Gasteiger charge is -2.19. The molecule has 5 heteroatoms. The van der Waals surface area contributed by atoms with Crippen LogP contribution in [0.2, 0.25) is 0 Å². The summed E-state index contributed by atoms with van der Waals surface area (Å²) in [4.78, 5) is 0. The Bertz CT molecular complexity index is 371. The van der Waals surface area contributed by atoms with Crippen LogP contribution in [-0.2, 0) is 0 Å². The number of benzene rings is 1. The first-order valence-corrected chi connectivity index (χ1v) is 5.09. The van der Waals surface area contributed by atoms with E-state index in [0.29, 0.717) is 11.3 Å². The highest BCUT2D eigenvalue weighted by Crippen LogP contribution is 2.25. The molecular formula is C11H17FN2O2. The fourth-order valence-electron chi connectivity index (χ4n) is 1.47. The van der Waals surface area contributed by atoms with Gasteiger partial charge in [0, 0.05) is 11.3 Å². The van der Waals surface area contributed by atoms with Crippen molar-refractivity contribution in [2.45, 2.75) is 25.6 Å². The van der Waals surface area contributed by atoms with Gasteiger partial charge in [0.1, 0.15) is 11.9 Å². The molecule has 2 unspecified atom stereocenters. The summed E-state index contributed by atoms with van der Waals surface area (Å²) >= 11 is 0. The van der Waals surface area contributed by atoms with E-state index in [1.165, 1.54) is 12.1 Å². The molecule has 0 saturated heterocycles. The van der Waals surface area contributed by atoms with Crippen LogP contribution in [0.15, 0.2) is 12.1 Å². The minimum atomic E-state index is -1.30. The molecule has 0 aliphatic rings. The first kappa shape index (κ1) is 12.9. The Balaban J connectivity index is 2.99. The van der Waals surface area contributed by atoms with Crippen molar-refractivity contribution in [1.82, 2.24) is 0 Å². The second-order valence-electron chi connectivity index (χ2n) is 3.82. The summed E-state index contributed by atoms with van der Waals surface area (Å²) < 4.78 is 13.5. The largest absolute Gasteiger partial charge is 0.399 e. The topological polar surface area (TPSA) is 92.5 Å². The Labute approximate surface area is 93.7 Å². The number of hydrogen-bond donors (Lipinski definition) is 4. The summed E-state index contributed by atoms with van der Waals surface area (Å²) in [5.74, 6) is -0.574. The quantitative estimate of drug-likeness (QED) is 0.563. The fourth-order valence-corrected chi connectivity index (χ4v) is 1.47. The second-order valence-corrected chi connectivity index (χ2v) is 3.82.